The molecule has 2 aromatic rings. The van der Waals surface area contributed by atoms with Crippen LogP contribution in [0.4, 0.5) is 5.69 Å². The number of ether oxygens (including phenoxy) is 1. The summed E-state index contributed by atoms with van der Waals surface area (Å²) in [5, 5.41) is 2.93. The van der Waals surface area contributed by atoms with Crippen LogP contribution in [0.25, 0.3) is 0 Å². The van der Waals surface area contributed by atoms with Gasteiger partial charge < -0.3 is 15.0 Å². The van der Waals surface area contributed by atoms with E-state index in [1.54, 1.807) is 4.90 Å². The van der Waals surface area contributed by atoms with Gasteiger partial charge in [-0.1, -0.05) is 48.5 Å². The van der Waals surface area contributed by atoms with Crippen molar-refractivity contribution in [2.24, 2.45) is 5.92 Å². The molecule has 26 heavy (non-hydrogen) atoms. The molecule has 1 atom stereocenters. The second kappa shape index (κ2) is 9.15. The zero-order valence-corrected chi connectivity index (χ0v) is 14.8. The molecule has 0 spiro atoms. The van der Waals surface area contributed by atoms with E-state index in [-0.39, 0.29) is 24.3 Å². The maximum Gasteiger partial charge on any atom is 0.248 e. The van der Waals surface area contributed by atoms with Gasteiger partial charge in [-0.3, -0.25) is 9.59 Å². The lowest BCUT2D eigenvalue weighted by atomic mass is 9.97. The summed E-state index contributed by atoms with van der Waals surface area (Å²) in [6.45, 7) is 1.59. The Balaban J connectivity index is 1.46. The summed E-state index contributed by atoms with van der Waals surface area (Å²) >= 11 is 0. The van der Waals surface area contributed by atoms with Gasteiger partial charge in [0.15, 0.2) is 0 Å². The molecule has 1 unspecified atom stereocenters. The van der Waals surface area contributed by atoms with Gasteiger partial charge >= 0.3 is 0 Å². The van der Waals surface area contributed by atoms with Crippen molar-refractivity contribution in [3.8, 4) is 0 Å². The number of piperidine rings is 1. The monoisotopic (exact) mass is 352 g/mol. The van der Waals surface area contributed by atoms with Crippen LogP contribution in [0.3, 0.4) is 0 Å². The smallest absolute Gasteiger partial charge is 0.248 e. The number of amides is 2. The molecule has 0 saturated carbocycles. The van der Waals surface area contributed by atoms with Crippen molar-refractivity contribution in [3.05, 3.63) is 66.2 Å². The van der Waals surface area contributed by atoms with Crippen molar-refractivity contribution >= 4 is 17.5 Å². The lowest BCUT2D eigenvalue weighted by Crippen LogP contribution is -2.45. The first-order chi connectivity index (χ1) is 12.7. The fourth-order valence-corrected chi connectivity index (χ4v) is 3.11. The van der Waals surface area contributed by atoms with E-state index in [9.17, 15) is 9.59 Å². The topological polar surface area (TPSA) is 58.6 Å². The molecule has 2 amide bonds. The number of anilines is 1. The van der Waals surface area contributed by atoms with Gasteiger partial charge in [0.1, 0.15) is 6.61 Å². The summed E-state index contributed by atoms with van der Waals surface area (Å²) < 4.78 is 5.53. The third-order valence-electron chi connectivity index (χ3n) is 4.52. The molecule has 1 aliphatic heterocycles. The van der Waals surface area contributed by atoms with E-state index in [0.717, 1.165) is 24.1 Å². The van der Waals surface area contributed by atoms with Crippen LogP contribution in [-0.2, 0) is 20.9 Å². The first kappa shape index (κ1) is 18.1. The Morgan fingerprint density at radius 1 is 1.04 bits per heavy atom. The van der Waals surface area contributed by atoms with Crippen LogP contribution in [0.5, 0.6) is 0 Å². The van der Waals surface area contributed by atoms with E-state index in [1.165, 1.54) is 0 Å². The minimum atomic E-state index is -0.179. The lowest BCUT2D eigenvalue weighted by molar-refractivity contribution is -0.139. The van der Waals surface area contributed by atoms with Crippen LogP contribution in [0.1, 0.15) is 18.4 Å². The van der Waals surface area contributed by atoms with Gasteiger partial charge in [0.25, 0.3) is 0 Å². The lowest BCUT2D eigenvalue weighted by Gasteiger charge is -2.32. The van der Waals surface area contributed by atoms with Crippen molar-refractivity contribution in [3.63, 3.8) is 0 Å². The predicted octanol–water partition coefficient (Wildman–Crippen LogP) is 3.08. The molecule has 0 aromatic heterocycles. The van der Waals surface area contributed by atoms with Crippen LogP contribution in [0.2, 0.25) is 0 Å². The number of hydrogen-bond donors (Lipinski definition) is 1. The van der Waals surface area contributed by atoms with Gasteiger partial charge in [-0.05, 0) is 30.5 Å². The molecular weight excluding hydrogens is 328 g/mol. The Labute approximate surface area is 154 Å². The second-order valence-corrected chi connectivity index (χ2v) is 6.51. The summed E-state index contributed by atoms with van der Waals surface area (Å²) in [5.74, 6) is -0.265. The largest absolute Gasteiger partial charge is 0.367 e. The zero-order chi connectivity index (χ0) is 18.2. The molecule has 1 heterocycles. The van der Waals surface area contributed by atoms with Gasteiger partial charge in [0, 0.05) is 18.8 Å². The van der Waals surface area contributed by atoms with E-state index in [1.807, 2.05) is 60.7 Å². The molecule has 1 fully saturated rings. The highest BCUT2D eigenvalue weighted by Crippen LogP contribution is 2.19. The highest BCUT2D eigenvalue weighted by atomic mass is 16.5. The quantitative estimate of drug-likeness (QED) is 0.869. The fourth-order valence-electron chi connectivity index (χ4n) is 3.11. The third-order valence-corrected chi connectivity index (χ3v) is 4.52. The Kier molecular flexibility index (Phi) is 6.39. The number of benzene rings is 2. The van der Waals surface area contributed by atoms with Crippen molar-refractivity contribution in [1.29, 1.82) is 0 Å². The van der Waals surface area contributed by atoms with E-state index in [0.29, 0.717) is 19.7 Å². The molecule has 1 N–H and O–H groups in total. The summed E-state index contributed by atoms with van der Waals surface area (Å²) in [4.78, 5) is 26.6. The molecule has 3 rings (SSSR count). The molecule has 5 nitrogen and oxygen atoms in total. The highest BCUT2D eigenvalue weighted by Gasteiger charge is 2.28. The molecular formula is C21H24N2O3. The van der Waals surface area contributed by atoms with Gasteiger partial charge in [0.05, 0.1) is 12.5 Å². The second-order valence-electron chi connectivity index (χ2n) is 6.51. The molecule has 136 valence electrons. The highest BCUT2D eigenvalue weighted by molar-refractivity contribution is 5.93. The first-order valence-corrected chi connectivity index (χ1v) is 8.98. The number of rotatable bonds is 6. The van der Waals surface area contributed by atoms with Crippen molar-refractivity contribution in [1.82, 2.24) is 4.90 Å². The normalized spacial score (nSPS) is 16.9. The maximum absolute atomic E-state index is 12.5. The van der Waals surface area contributed by atoms with Crippen molar-refractivity contribution in [2.75, 3.05) is 25.0 Å². The van der Waals surface area contributed by atoms with Crippen LogP contribution in [0, 0.1) is 5.92 Å². The Morgan fingerprint density at radius 3 is 2.46 bits per heavy atom. The van der Waals surface area contributed by atoms with Gasteiger partial charge in [-0.25, -0.2) is 0 Å². The predicted molar refractivity (Wildman–Crippen MR) is 100 cm³/mol. The van der Waals surface area contributed by atoms with Crippen molar-refractivity contribution in [2.45, 2.75) is 19.4 Å². The summed E-state index contributed by atoms with van der Waals surface area (Å²) in [6.07, 6.45) is 1.63. The van der Waals surface area contributed by atoms with E-state index in [2.05, 4.69) is 5.32 Å². The van der Waals surface area contributed by atoms with Crippen LogP contribution >= 0.6 is 0 Å². The number of para-hydroxylation sites is 1. The standard InChI is InChI=1S/C21H24N2O3/c24-20(16-26-15-17-8-3-1-4-9-17)23-13-7-10-18(14-23)21(25)22-19-11-5-2-6-12-19/h1-6,8-9,11-12,18H,7,10,13-16H2,(H,22,25). The zero-order valence-electron chi connectivity index (χ0n) is 14.8. The molecule has 0 radical (unpaired) electrons. The Hall–Kier alpha value is -2.66. The summed E-state index contributed by atoms with van der Waals surface area (Å²) in [5.41, 5.74) is 1.83. The molecule has 1 aliphatic rings. The number of hydrogen-bond acceptors (Lipinski definition) is 3. The Bertz CT molecular complexity index is 719. The number of carbonyl (C=O) groups excluding carboxylic acids is 2. The number of likely N-dealkylation sites (tertiary alicyclic amines) is 1. The van der Waals surface area contributed by atoms with E-state index in [4.69, 9.17) is 4.74 Å². The average Bonchev–Trinajstić information content (AvgIpc) is 2.69. The van der Waals surface area contributed by atoms with Crippen LogP contribution in [0.15, 0.2) is 60.7 Å². The summed E-state index contributed by atoms with van der Waals surface area (Å²) in [7, 11) is 0. The van der Waals surface area contributed by atoms with Crippen LogP contribution < -0.4 is 5.32 Å². The molecule has 5 heteroatoms. The van der Waals surface area contributed by atoms with Gasteiger partial charge in [-0.2, -0.15) is 0 Å². The minimum absolute atomic E-state index is 0.0288. The minimum Gasteiger partial charge on any atom is -0.367 e. The first-order valence-electron chi connectivity index (χ1n) is 8.98. The molecule has 1 saturated heterocycles. The average molecular weight is 352 g/mol. The Morgan fingerprint density at radius 2 is 1.73 bits per heavy atom. The van der Waals surface area contributed by atoms with E-state index >= 15 is 0 Å². The fraction of sp³-hybridized carbons (Fsp3) is 0.333. The number of nitrogens with one attached hydrogen (secondary N) is 1. The van der Waals surface area contributed by atoms with Crippen LogP contribution in [-0.4, -0.2) is 36.4 Å². The SMILES string of the molecule is O=C(Nc1ccccc1)C1CCCN(C(=O)COCc2ccccc2)C1. The molecule has 2 aromatic carbocycles. The van der Waals surface area contributed by atoms with Gasteiger partial charge in [0.2, 0.25) is 11.8 Å². The third kappa shape index (κ3) is 5.17. The van der Waals surface area contributed by atoms with Crippen molar-refractivity contribution < 1.29 is 14.3 Å². The van der Waals surface area contributed by atoms with E-state index < -0.39 is 0 Å². The van der Waals surface area contributed by atoms with Gasteiger partial charge in [-0.15, -0.1) is 0 Å². The molecule has 0 aliphatic carbocycles. The molecule has 0 bridgehead atoms. The number of carbonyl (C=O) groups is 2. The summed E-state index contributed by atoms with van der Waals surface area (Å²) in [6, 6.07) is 19.2. The maximum atomic E-state index is 12.5. The number of nitrogens with zero attached hydrogens (tertiary/aromatic N) is 1.